The minimum atomic E-state index is -4.03. The van der Waals surface area contributed by atoms with Gasteiger partial charge >= 0.3 is 13.2 Å². The number of benzene rings is 3. The third kappa shape index (κ3) is 5.88. The summed E-state index contributed by atoms with van der Waals surface area (Å²) < 4.78 is 40.8. The van der Waals surface area contributed by atoms with E-state index in [2.05, 4.69) is 10.0 Å². The van der Waals surface area contributed by atoms with Gasteiger partial charge in [0.1, 0.15) is 17.3 Å². The van der Waals surface area contributed by atoms with Crippen molar-refractivity contribution in [3.8, 4) is 5.75 Å². The van der Waals surface area contributed by atoms with Gasteiger partial charge in [-0.15, -0.1) is 0 Å². The average Bonchev–Trinajstić information content (AvgIpc) is 3.28. The topological polar surface area (TPSA) is 137 Å². The number of piperidine rings is 1. The molecule has 1 amide bonds. The smallest absolute Gasteiger partial charge is 0.489 e. The number of nitrogens with one attached hydrogen (secondary N) is 2. The number of rotatable bonds is 8. The van der Waals surface area contributed by atoms with Crippen molar-refractivity contribution in [1.82, 2.24) is 4.90 Å². The molecule has 38 heavy (non-hydrogen) atoms. The van der Waals surface area contributed by atoms with Gasteiger partial charge in [0, 0.05) is 30.9 Å². The van der Waals surface area contributed by atoms with Crippen molar-refractivity contribution >= 4 is 40.1 Å². The molecular formula is C26H28BN3O7S. The van der Waals surface area contributed by atoms with Crippen LogP contribution in [0.25, 0.3) is 0 Å². The average molecular weight is 537 g/mol. The van der Waals surface area contributed by atoms with E-state index in [-0.39, 0.29) is 17.5 Å². The van der Waals surface area contributed by atoms with Crippen molar-refractivity contribution in [3.05, 3.63) is 77.9 Å². The molecule has 1 fully saturated rings. The van der Waals surface area contributed by atoms with Gasteiger partial charge in [0.05, 0.1) is 12.3 Å². The highest BCUT2D eigenvalue weighted by molar-refractivity contribution is 7.92. The van der Waals surface area contributed by atoms with Gasteiger partial charge in [0.2, 0.25) is 0 Å². The molecule has 3 aromatic carbocycles. The molecule has 0 unspecified atom stereocenters. The van der Waals surface area contributed by atoms with Crippen LogP contribution in [0.2, 0.25) is 0 Å². The van der Waals surface area contributed by atoms with Crippen LogP contribution in [-0.2, 0) is 27.9 Å². The highest BCUT2D eigenvalue weighted by atomic mass is 32.2. The molecule has 0 spiro atoms. The van der Waals surface area contributed by atoms with E-state index in [1.54, 1.807) is 30.3 Å². The van der Waals surface area contributed by atoms with Gasteiger partial charge in [-0.1, -0.05) is 36.4 Å². The number of carboxylic acid groups (broad SMARTS) is 1. The molecule has 0 saturated carbocycles. The second-order valence-corrected chi connectivity index (χ2v) is 11.0. The Morgan fingerprint density at radius 2 is 1.84 bits per heavy atom. The monoisotopic (exact) mass is 537 g/mol. The lowest BCUT2D eigenvalue weighted by atomic mass is 9.79. The van der Waals surface area contributed by atoms with Gasteiger partial charge in [0.15, 0.2) is 0 Å². The Labute approximate surface area is 221 Å². The number of hydrogen-bond acceptors (Lipinski definition) is 7. The molecule has 2 heterocycles. The lowest BCUT2D eigenvalue weighted by Gasteiger charge is -2.31. The normalized spacial score (nSPS) is 15.7. The molecule has 5 rings (SSSR count). The number of fused-ring (bicyclic) bond motifs is 1. The van der Waals surface area contributed by atoms with Gasteiger partial charge in [-0.2, -0.15) is 0 Å². The standard InChI is InChI=1S/C26H28BN3O7S/c31-26(32)30-12-10-20(11-13-30)28-24-15-22(36-16-18-4-2-1-3-5-18)8-9-25(24)38(34,35)29-21-7-6-19-17-37-27(33)23(19)14-21/h1-9,14-15,20,28-29,33H,10-13,16-17H2,(H,31,32). The molecule has 0 aromatic heterocycles. The fourth-order valence-electron chi connectivity index (χ4n) is 4.61. The van der Waals surface area contributed by atoms with Crippen LogP contribution in [-0.4, -0.2) is 55.8 Å². The number of likely N-dealkylation sites (tertiary alicyclic amines) is 1. The fraction of sp³-hybridized carbons (Fsp3) is 0.269. The summed E-state index contributed by atoms with van der Waals surface area (Å²) in [5.74, 6) is 0.496. The maximum atomic E-state index is 13.5. The van der Waals surface area contributed by atoms with Crippen LogP contribution in [0.4, 0.5) is 16.2 Å². The van der Waals surface area contributed by atoms with E-state index in [1.807, 2.05) is 30.3 Å². The molecule has 198 valence electrons. The molecule has 12 heteroatoms. The highest BCUT2D eigenvalue weighted by Crippen LogP contribution is 2.31. The summed E-state index contributed by atoms with van der Waals surface area (Å²) in [6, 6.07) is 19.2. The van der Waals surface area contributed by atoms with Crippen molar-refractivity contribution < 1.29 is 32.7 Å². The molecule has 4 N–H and O–H groups in total. The van der Waals surface area contributed by atoms with Crippen LogP contribution in [0.1, 0.15) is 24.0 Å². The summed E-state index contributed by atoms with van der Waals surface area (Å²) in [7, 11) is -5.13. The predicted octanol–water partition coefficient (Wildman–Crippen LogP) is 2.84. The van der Waals surface area contributed by atoms with E-state index in [0.29, 0.717) is 55.1 Å². The number of ether oxygens (including phenoxy) is 1. The molecule has 0 atom stereocenters. The van der Waals surface area contributed by atoms with Crippen molar-refractivity contribution in [3.63, 3.8) is 0 Å². The van der Waals surface area contributed by atoms with E-state index in [4.69, 9.17) is 9.39 Å². The number of amides is 1. The van der Waals surface area contributed by atoms with Crippen LogP contribution < -0.4 is 20.2 Å². The summed E-state index contributed by atoms with van der Waals surface area (Å²) >= 11 is 0. The van der Waals surface area contributed by atoms with Crippen LogP contribution in [0.15, 0.2) is 71.6 Å². The zero-order valence-electron chi connectivity index (χ0n) is 20.5. The van der Waals surface area contributed by atoms with Gasteiger partial charge in [-0.25, -0.2) is 13.2 Å². The molecule has 3 aromatic rings. The first kappa shape index (κ1) is 25.9. The number of hydrogen-bond donors (Lipinski definition) is 4. The van der Waals surface area contributed by atoms with Gasteiger partial charge in [-0.05, 0) is 53.7 Å². The number of anilines is 2. The van der Waals surface area contributed by atoms with E-state index >= 15 is 0 Å². The molecule has 0 aliphatic carbocycles. The third-order valence-electron chi connectivity index (χ3n) is 6.67. The van der Waals surface area contributed by atoms with Gasteiger partial charge in [0.25, 0.3) is 10.0 Å². The quantitative estimate of drug-likeness (QED) is 0.322. The van der Waals surface area contributed by atoms with Crippen LogP contribution in [0.5, 0.6) is 5.75 Å². The number of nitrogens with zero attached hydrogens (tertiary/aromatic N) is 1. The molecule has 0 radical (unpaired) electrons. The van der Waals surface area contributed by atoms with Crippen LogP contribution >= 0.6 is 0 Å². The number of sulfonamides is 1. The van der Waals surface area contributed by atoms with Crippen LogP contribution in [0.3, 0.4) is 0 Å². The first-order valence-electron chi connectivity index (χ1n) is 12.3. The zero-order chi connectivity index (χ0) is 26.7. The Balaban J connectivity index is 1.39. The minimum absolute atomic E-state index is 0.0301. The lowest BCUT2D eigenvalue weighted by Crippen LogP contribution is -2.41. The molecule has 0 bridgehead atoms. The van der Waals surface area contributed by atoms with E-state index in [9.17, 15) is 23.3 Å². The third-order valence-corrected chi connectivity index (χ3v) is 8.11. The first-order valence-corrected chi connectivity index (χ1v) is 13.8. The molecule has 2 aliphatic heterocycles. The maximum Gasteiger partial charge on any atom is 0.491 e. The van der Waals surface area contributed by atoms with Crippen molar-refractivity contribution in [2.75, 3.05) is 23.1 Å². The second-order valence-electron chi connectivity index (χ2n) is 9.30. The van der Waals surface area contributed by atoms with Crippen molar-refractivity contribution in [1.29, 1.82) is 0 Å². The zero-order valence-corrected chi connectivity index (χ0v) is 21.4. The number of carbonyl (C=O) groups is 1. The molecular weight excluding hydrogens is 509 g/mol. The molecule has 1 saturated heterocycles. The summed E-state index contributed by atoms with van der Waals surface area (Å²) in [5, 5.41) is 22.6. The van der Waals surface area contributed by atoms with Crippen molar-refractivity contribution in [2.45, 2.75) is 37.0 Å². The summed E-state index contributed by atoms with van der Waals surface area (Å²) in [4.78, 5) is 12.7. The molecule has 10 nitrogen and oxygen atoms in total. The van der Waals surface area contributed by atoms with Crippen molar-refractivity contribution in [2.24, 2.45) is 0 Å². The summed E-state index contributed by atoms with van der Waals surface area (Å²) in [6.45, 7) is 1.30. The van der Waals surface area contributed by atoms with Gasteiger partial charge in [-0.3, -0.25) is 4.72 Å². The minimum Gasteiger partial charge on any atom is -0.489 e. The summed E-state index contributed by atoms with van der Waals surface area (Å²) in [6.07, 6.45) is 0.116. The largest absolute Gasteiger partial charge is 0.491 e. The van der Waals surface area contributed by atoms with Crippen LogP contribution in [0, 0.1) is 0 Å². The first-order chi connectivity index (χ1) is 18.3. The summed E-state index contributed by atoms with van der Waals surface area (Å²) in [5.41, 5.74) is 2.97. The fourth-order valence-corrected chi connectivity index (χ4v) is 5.81. The van der Waals surface area contributed by atoms with E-state index in [0.717, 1.165) is 11.1 Å². The Morgan fingerprint density at radius 3 is 2.58 bits per heavy atom. The van der Waals surface area contributed by atoms with E-state index in [1.165, 1.54) is 11.0 Å². The maximum absolute atomic E-state index is 13.5. The van der Waals surface area contributed by atoms with E-state index < -0.39 is 23.2 Å². The lowest BCUT2D eigenvalue weighted by molar-refractivity contribution is 0.134. The van der Waals surface area contributed by atoms with Gasteiger partial charge < -0.3 is 29.7 Å². The Hall–Kier alpha value is -3.74. The Morgan fingerprint density at radius 1 is 1.08 bits per heavy atom. The molecule has 2 aliphatic rings. The predicted molar refractivity (Wildman–Crippen MR) is 143 cm³/mol. The second kappa shape index (κ2) is 10.9. The highest BCUT2D eigenvalue weighted by Gasteiger charge is 2.29. The SMILES string of the molecule is O=C(O)N1CCC(Nc2cc(OCc3ccccc3)ccc2S(=O)(=O)Nc2ccc3c(c2)B(O)OC3)CC1. The Kier molecular flexibility index (Phi) is 7.45. The Bertz CT molecular complexity index is 1410.